The second kappa shape index (κ2) is 3.42. The van der Waals surface area contributed by atoms with E-state index in [0.717, 1.165) is 19.5 Å². The molecule has 0 amide bonds. The summed E-state index contributed by atoms with van der Waals surface area (Å²) >= 11 is 0. The van der Waals surface area contributed by atoms with Crippen molar-refractivity contribution in [3.63, 3.8) is 0 Å². The predicted octanol–water partition coefficient (Wildman–Crippen LogP) is 1.01. The van der Waals surface area contributed by atoms with Crippen LogP contribution in [0.15, 0.2) is 18.5 Å². The van der Waals surface area contributed by atoms with Crippen LogP contribution in [0.2, 0.25) is 0 Å². The lowest BCUT2D eigenvalue weighted by Crippen LogP contribution is -2.07. The lowest BCUT2D eigenvalue weighted by atomic mass is 10.3. The SMILES string of the molecule is CCc1ccn(CCN)c1. The van der Waals surface area contributed by atoms with Crippen molar-refractivity contribution in [3.05, 3.63) is 24.0 Å². The first kappa shape index (κ1) is 7.35. The molecule has 0 saturated heterocycles. The standard InChI is InChI=1S/C8H14N2/c1-2-8-3-5-10(7-8)6-4-9/h3,5,7H,2,4,6,9H2,1H3. The number of nitrogens with zero attached hydrogens (tertiary/aromatic N) is 1. The van der Waals surface area contributed by atoms with Crippen LogP contribution in [0.25, 0.3) is 0 Å². The molecule has 0 aromatic carbocycles. The van der Waals surface area contributed by atoms with Gasteiger partial charge in [0.2, 0.25) is 0 Å². The van der Waals surface area contributed by atoms with E-state index in [1.54, 1.807) is 0 Å². The van der Waals surface area contributed by atoms with Crippen LogP contribution in [0.4, 0.5) is 0 Å². The molecular formula is C8H14N2. The van der Waals surface area contributed by atoms with Crippen LogP contribution in [-0.2, 0) is 13.0 Å². The summed E-state index contributed by atoms with van der Waals surface area (Å²) < 4.78 is 2.12. The maximum Gasteiger partial charge on any atom is 0.0342 e. The third-order valence-electron chi connectivity index (χ3n) is 1.61. The smallest absolute Gasteiger partial charge is 0.0342 e. The highest BCUT2D eigenvalue weighted by molar-refractivity contribution is 5.09. The molecule has 1 heterocycles. The van der Waals surface area contributed by atoms with E-state index in [-0.39, 0.29) is 0 Å². The molecule has 0 aliphatic rings. The summed E-state index contributed by atoms with van der Waals surface area (Å²) in [6.07, 6.45) is 5.33. The summed E-state index contributed by atoms with van der Waals surface area (Å²) in [5, 5.41) is 0. The van der Waals surface area contributed by atoms with Crippen molar-refractivity contribution in [1.82, 2.24) is 4.57 Å². The molecule has 10 heavy (non-hydrogen) atoms. The lowest BCUT2D eigenvalue weighted by molar-refractivity contribution is 0.711. The van der Waals surface area contributed by atoms with Gasteiger partial charge in [-0.3, -0.25) is 0 Å². The van der Waals surface area contributed by atoms with E-state index >= 15 is 0 Å². The van der Waals surface area contributed by atoms with E-state index in [1.165, 1.54) is 5.56 Å². The van der Waals surface area contributed by atoms with Gasteiger partial charge in [-0.05, 0) is 18.1 Å². The van der Waals surface area contributed by atoms with Gasteiger partial charge in [0.1, 0.15) is 0 Å². The Morgan fingerprint density at radius 2 is 2.40 bits per heavy atom. The molecule has 2 nitrogen and oxygen atoms in total. The Morgan fingerprint density at radius 3 is 2.90 bits per heavy atom. The van der Waals surface area contributed by atoms with E-state index < -0.39 is 0 Å². The summed E-state index contributed by atoms with van der Waals surface area (Å²) in [7, 11) is 0. The van der Waals surface area contributed by atoms with Crippen molar-refractivity contribution >= 4 is 0 Å². The first-order chi connectivity index (χ1) is 4.86. The molecule has 0 bridgehead atoms. The number of hydrogen-bond donors (Lipinski definition) is 1. The summed E-state index contributed by atoms with van der Waals surface area (Å²) in [4.78, 5) is 0. The molecule has 2 N–H and O–H groups in total. The molecule has 56 valence electrons. The lowest BCUT2D eigenvalue weighted by Gasteiger charge is -1.96. The minimum atomic E-state index is 0.720. The molecule has 0 fully saturated rings. The minimum Gasteiger partial charge on any atom is -0.353 e. The monoisotopic (exact) mass is 138 g/mol. The first-order valence-corrected chi connectivity index (χ1v) is 3.71. The van der Waals surface area contributed by atoms with Crippen LogP contribution in [0.5, 0.6) is 0 Å². The van der Waals surface area contributed by atoms with Gasteiger partial charge in [0, 0.05) is 25.5 Å². The van der Waals surface area contributed by atoms with Gasteiger partial charge in [0.25, 0.3) is 0 Å². The van der Waals surface area contributed by atoms with Crippen molar-refractivity contribution in [1.29, 1.82) is 0 Å². The zero-order chi connectivity index (χ0) is 7.40. The summed E-state index contributed by atoms with van der Waals surface area (Å²) in [5.41, 5.74) is 6.77. The Kier molecular flexibility index (Phi) is 2.51. The van der Waals surface area contributed by atoms with Crippen molar-refractivity contribution in [2.45, 2.75) is 19.9 Å². The Hall–Kier alpha value is -0.760. The van der Waals surface area contributed by atoms with Crippen LogP contribution in [-0.4, -0.2) is 11.1 Å². The van der Waals surface area contributed by atoms with Gasteiger partial charge in [0.15, 0.2) is 0 Å². The Bertz CT molecular complexity index is 191. The van der Waals surface area contributed by atoms with E-state index in [4.69, 9.17) is 5.73 Å². The Morgan fingerprint density at radius 1 is 1.60 bits per heavy atom. The average molecular weight is 138 g/mol. The quantitative estimate of drug-likeness (QED) is 0.664. The fourth-order valence-electron chi connectivity index (χ4n) is 0.988. The van der Waals surface area contributed by atoms with Crippen molar-refractivity contribution in [2.75, 3.05) is 6.54 Å². The van der Waals surface area contributed by atoms with Crippen LogP contribution in [0.1, 0.15) is 12.5 Å². The van der Waals surface area contributed by atoms with E-state index in [0.29, 0.717) is 0 Å². The van der Waals surface area contributed by atoms with Crippen LogP contribution in [0, 0.1) is 0 Å². The third-order valence-corrected chi connectivity index (χ3v) is 1.61. The highest BCUT2D eigenvalue weighted by atomic mass is 14.9. The summed E-state index contributed by atoms with van der Waals surface area (Å²) in [6.45, 7) is 3.81. The van der Waals surface area contributed by atoms with E-state index in [9.17, 15) is 0 Å². The topological polar surface area (TPSA) is 30.9 Å². The van der Waals surface area contributed by atoms with Crippen molar-refractivity contribution in [2.24, 2.45) is 5.73 Å². The Balaban J connectivity index is 2.59. The fraction of sp³-hybridized carbons (Fsp3) is 0.500. The number of nitrogens with two attached hydrogens (primary N) is 1. The van der Waals surface area contributed by atoms with Crippen molar-refractivity contribution < 1.29 is 0 Å². The normalized spacial score (nSPS) is 10.2. The predicted molar refractivity (Wildman–Crippen MR) is 42.9 cm³/mol. The molecule has 1 rings (SSSR count). The molecule has 0 aliphatic heterocycles. The van der Waals surface area contributed by atoms with Gasteiger partial charge in [-0.2, -0.15) is 0 Å². The van der Waals surface area contributed by atoms with Gasteiger partial charge < -0.3 is 10.3 Å². The molecule has 0 radical (unpaired) electrons. The second-order valence-corrected chi connectivity index (χ2v) is 2.40. The second-order valence-electron chi connectivity index (χ2n) is 2.40. The van der Waals surface area contributed by atoms with Crippen LogP contribution in [0.3, 0.4) is 0 Å². The molecule has 0 spiro atoms. The molecule has 2 heteroatoms. The van der Waals surface area contributed by atoms with Crippen molar-refractivity contribution in [3.8, 4) is 0 Å². The van der Waals surface area contributed by atoms with E-state index in [1.807, 2.05) is 0 Å². The number of rotatable bonds is 3. The molecule has 0 aliphatic carbocycles. The van der Waals surface area contributed by atoms with Gasteiger partial charge >= 0.3 is 0 Å². The summed E-state index contributed by atoms with van der Waals surface area (Å²) in [5.74, 6) is 0. The number of aryl methyl sites for hydroxylation is 1. The maximum atomic E-state index is 5.39. The highest BCUT2D eigenvalue weighted by Crippen LogP contribution is 2.00. The Labute approximate surface area is 61.7 Å². The zero-order valence-electron chi connectivity index (χ0n) is 6.38. The van der Waals surface area contributed by atoms with Gasteiger partial charge in [-0.1, -0.05) is 6.92 Å². The zero-order valence-corrected chi connectivity index (χ0v) is 6.38. The first-order valence-electron chi connectivity index (χ1n) is 3.71. The fourth-order valence-corrected chi connectivity index (χ4v) is 0.988. The van der Waals surface area contributed by atoms with Crippen LogP contribution < -0.4 is 5.73 Å². The maximum absolute atomic E-state index is 5.39. The largest absolute Gasteiger partial charge is 0.353 e. The number of aromatic nitrogens is 1. The average Bonchev–Trinajstić information content (AvgIpc) is 2.37. The molecule has 1 aromatic rings. The summed E-state index contributed by atoms with van der Waals surface area (Å²) in [6, 6.07) is 2.13. The number of hydrogen-bond acceptors (Lipinski definition) is 1. The minimum absolute atomic E-state index is 0.720. The molecule has 1 aromatic heterocycles. The molecular weight excluding hydrogens is 124 g/mol. The van der Waals surface area contributed by atoms with Gasteiger partial charge in [-0.25, -0.2) is 0 Å². The highest BCUT2D eigenvalue weighted by Gasteiger charge is 1.91. The molecule has 0 saturated carbocycles. The molecule has 0 atom stereocenters. The van der Waals surface area contributed by atoms with Gasteiger partial charge in [-0.15, -0.1) is 0 Å². The van der Waals surface area contributed by atoms with E-state index in [2.05, 4.69) is 30.0 Å². The third kappa shape index (κ3) is 1.61. The van der Waals surface area contributed by atoms with Gasteiger partial charge in [0.05, 0.1) is 0 Å². The molecule has 0 unspecified atom stereocenters. The van der Waals surface area contributed by atoms with Crippen LogP contribution >= 0.6 is 0 Å².